The molecule has 0 spiro atoms. The van der Waals surface area contributed by atoms with Gasteiger partial charge in [-0.15, -0.1) is 11.3 Å². The summed E-state index contributed by atoms with van der Waals surface area (Å²) in [6, 6.07) is 4.09. The van der Waals surface area contributed by atoms with Gasteiger partial charge in [0.05, 0.1) is 13.2 Å². The van der Waals surface area contributed by atoms with Gasteiger partial charge in [0.1, 0.15) is 11.8 Å². The van der Waals surface area contributed by atoms with Gasteiger partial charge in [0.25, 0.3) is 0 Å². The zero-order valence-corrected chi connectivity index (χ0v) is 14.8. The highest BCUT2D eigenvalue weighted by molar-refractivity contribution is 7.09. The van der Waals surface area contributed by atoms with Crippen LogP contribution in [-0.4, -0.2) is 54.6 Å². The second-order valence-electron chi connectivity index (χ2n) is 5.94. The summed E-state index contributed by atoms with van der Waals surface area (Å²) in [5.41, 5.74) is 0.790. The van der Waals surface area contributed by atoms with Gasteiger partial charge in [-0.25, -0.2) is 4.98 Å². The Morgan fingerprint density at radius 2 is 2.25 bits per heavy atom. The van der Waals surface area contributed by atoms with Crippen molar-refractivity contribution in [3.63, 3.8) is 0 Å². The summed E-state index contributed by atoms with van der Waals surface area (Å²) in [6.07, 6.45) is 4.45. The molecule has 3 rings (SSSR count). The van der Waals surface area contributed by atoms with Crippen LogP contribution < -0.4 is 4.90 Å². The van der Waals surface area contributed by atoms with Crippen molar-refractivity contribution in [2.24, 2.45) is 0 Å². The van der Waals surface area contributed by atoms with Crippen LogP contribution in [0.25, 0.3) is 0 Å². The van der Waals surface area contributed by atoms with E-state index in [1.807, 2.05) is 35.3 Å². The highest BCUT2D eigenvalue weighted by Gasteiger charge is 2.28. The maximum Gasteiger partial charge on any atom is 0.223 e. The number of amides is 1. The molecule has 1 aliphatic heterocycles. The molecule has 2 aromatic rings. The molecule has 0 N–H and O–H groups in total. The summed E-state index contributed by atoms with van der Waals surface area (Å²) in [5, 5.41) is 2.04. The standard InChI is InChI=1S/C17H22N4O2S/c1-20(2)17-16(18-7-8-19-17)14-12-21(9-10-23-14)15(22)6-5-13-4-3-11-24-13/h3-4,7-8,11,14H,5-6,9-10,12H2,1-2H3/t14-/m1/s1. The number of carbonyl (C=O) groups excluding carboxylic acids is 1. The van der Waals surface area contributed by atoms with Crippen LogP contribution in [0.1, 0.15) is 23.1 Å². The summed E-state index contributed by atoms with van der Waals surface area (Å²) in [5.74, 6) is 0.961. The molecular weight excluding hydrogens is 324 g/mol. The Bertz CT molecular complexity index is 675. The molecule has 1 amide bonds. The molecule has 1 atom stereocenters. The average Bonchev–Trinajstić information content (AvgIpc) is 3.13. The van der Waals surface area contributed by atoms with Crippen LogP contribution in [0.2, 0.25) is 0 Å². The number of hydrogen-bond donors (Lipinski definition) is 0. The van der Waals surface area contributed by atoms with Crippen LogP contribution >= 0.6 is 11.3 Å². The molecule has 7 heteroatoms. The summed E-state index contributed by atoms with van der Waals surface area (Å²) in [4.78, 5) is 26.4. The minimum absolute atomic E-state index is 0.173. The SMILES string of the molecule is CN(C)c1nccnc1[C@H]1CN(C(=O)CCc2cccs2)CCO1. The van der Waals surface area contributed by atoms with Crippen LogP contribution in [0.15, 0.2) is 29.9 Å². The highest BCUT2D eigenvalue weighted by atomic mass is 32.1. The fourth-order valence-corrected chi connectivity index (χ4v) is 3.51. The molecule has 3 heterocycles. The first-order valence-electron chi connectivity index (χ1n) is 8.05. The third kappa shape index (κ3) is 3.91. The molecular formula is C17H22N4O2S. The van der Waals surface area contributed by atoms with Crippen molar-refractivity contribution in [1.29, 1.82) is 0 Å². The molecule has 0 aromatic carbocycles. The topological polar surface area (TPSA) is 58.6 Å². The summed E-state index contributed by atoms with van der Waals surface area (Å²) < 4.78 is 5.86. The molecule has 0 radical (unpaired) electrons. The van der Waals surface area contributed by atoms with E-state index in [1.54, 1.807) is 23.7 Å². The number of thiophene rings is 1. The molecule has 1 saturated heterocycles. The van der Waals surface area contributed by atoms with E-state index < -0.39 is 0 Å². The van der Waals surface area contributed by atoms with Crippen molar-refractivity contribution in [3.8, 4) is 0 Å². The number of anilines is 1. The fraction of sp³-hybridized carbons (Fsp3) is 0.471. The van der Waals surface area contributed by atoms with Gasteiger partial charge in [0, 0.05) is 44.3 Å². The largest absolute Gasteiger partial charge is 0.368 e. The minimum Gasteiger partial charge on any atom is -0.368 e. The number of rotatable bonds is 5. The second-order valence-corrected chi connectivity index (χ2v) is 6.97. The summed E-state index contributed by atoms with van der Waals surface area (Å²) in [6.45, 7) is 1.69. The normalized spacial score (nSPS) is 17.8. The lowest BCUT2D eigenvalue weighted by Crippen LogP contribution is -2.42. The van der Waals surface area contributed by atoms with Crippen molar-refractivity contribution in [3.05, 3.63) is 40.5 Å². The van der Waals surface area contributed by atoms with Crippen molar-refractivity contribution < 1.29 is 9.53 Å². The van der Waals surface area contributed by atoms with E-state index in [9.17, 15) is 4.79 Å². The first kappa shape index (κ1) is 16.9. The maximum absolute atomic E-state index is 12.5. The molecule has 2 aromatic heterocycles. The number of nitrogens with zero attached hydrogens (tertiary/aromatic N) is 4. The summed E-state index contributed by atoms with van der Waals surface area (Å²) in [7, 11) is 3.86. The lowest BCUT2D eigenvalue weighted by Gasteiger charge is -2.33. The van der Waals surface area contributed by atoms with E-state index in [2.05, 4.69) is 16.0 Å². The molecule has 1 aliphatic rings. The molecule has 6 nitrogen and oxygen atoms in total. The zero-order valence-electron chi connectivity index (χ0n) is 14.0. The van der Waals surface area contributed by atoms with Gasteiger partial charge >= 0.3 is 0 Å². The Hall–Kier alpha value is -1.99. The lowest BCUT2D eigenvalue weighted by atomic mass is 10.1. The van der Waals surface area contributed by atoms with Crippen molar-refractivity contribution >= 4 is 23.1 Å². The van der Waals surface area contributed by atoms with Crippen LogP contribution in [0.4, 0.5) is 5.82 Å². The highest BCUT2D eigenvalue weighted by Crippen LogP contribution is 2.27. The quantitative estimate of drug-likeness (QED) is 0.830. The molecule has 0 bridgehead atoms. The molecule has 128 valence electrons. The Morgan fingerprint density at radius 3 is 3.00 bits per heavy atom. The van der Waals surface area contributed by atoms with Gasteiger partial charge in [-0.2, -0.15) is 0 Å². The van der Waals surface area contributed by atoms with Gasteiger partial charge in [0.15, 0.2) is 5.82 Å². The molecule has 1 fully saturated rings. The Morgan fingerprint density at radius 1 is 1.42 bits per heavy atom. The number of aryl methyl sites for hydroxylation is 1. The van der Waals surface area contributed by atoms with Crippen LogP contribution in [-0.2, 0) is 16.0 Å². The predicted octanol–water partition coefficient (Wildman–Crippen LogP) is 2.14. The molecule has 0 aliphatic carbocycles. The first-order valence-corrected chi connectivity index (χ1v) is 8.93. The van der Waals surface area contributed by atoms with Crippen molar-refractivity contribution in [1.82, 2.24) is 14.9 Å². The van der Waals surface area contributed by atoms with Gasteiger partial charge in [-0.05, 0) is 17.9 Å². The van der Waals surface area contributed by atoms with Crippen LogP contribution in [0.5, 0.6) is 0 Å². The van der Waals surface area contributed by atoms with Crippen molar-refractivity contribution in [2.45, 2.75) is 18.9 Å². The van der Waals surface area contributed by atoms with Crippen molar-refractivity contribution in [2.75, 3.05) is 38.7 Å². The minimum atomic E-state index is -0.226. The second kappa shape index (κ2) is 7.72. The molecule has 24 heavy (non-hydrogen) atoms. The number of morpholine rings is 1. The number of hydrogen-bond acceptors (Lipinski definition) is 6. The van der Waals surface area contributed by atoms with E-state index in [-0.39, 0.29) is 12.0 Å². The van der Waals surface area contributed by atoms with Gasteiger partial charge in [0.2, 0.25) is 5.91 Å². The Labute approximate surface area is 146 Å². The zero-order chi connectivity index (χ0) is 16.9. The number of ether oxygens (including phenoxy) is 1. The van der Waals surface area contributed by atoms with Gasteiger partial charge in [-0.1, -0.05) is 6.07 Å². The van der Waals surface area contributed by atoms with E-state index in [0.717, 1.165) is 17.9 Å². The van der Waals surface area contributed by atoms with E-state index in [1.165, 1.54) is 4.88 Å². The van der Waals surface area contributed by atoms with Gasteiger partial charge < -0.3 is 14.5 Å². The fourth-order valence-electron chi connectivity index (χ4n) is 2.80. The average molecular weight is 346 g/mol. The lowest BCUT2D eigenvalue weighted by molar-refractivity contribution is -0.139. The Kier molecular flexibility index (Phi) is 5.42. The van der Waals surface area contributed by atoms with E-state index in [4.69, 9.17) is 4.74 Å². The van der Waals surface area contributed by atoms with E-state index >= 15 is 0 Å². The third-order valence-electron chi connectivity index (χ3n) is 4.02. The smallest absolute Gasteiger partial charge is 0.223 e. The van der Waals surface area contributed by atoms with E-state index in [0.29, 0.717) is 26.1 Å². The maximum atomic E-state index is 12.5. The third-order valence-corrected chi connectivity index (χ3v) is 4.96. The monoisotopic (exact) mass is 346 g/mol. The number of aromatic nitrogens is 2. The Balaban J connectivity index is 1.65. The van der Waals surface area contributed by atoms with Crippen LogP contribution in [0.3, 0.4) is 0 Å². The summed E-state index contributed by atoms with van der Waals surface area (Å²) >= 11 is 1.69. The molecule has 0 unspecified atom stereocenters. The predicted molar refractivity (Wildman–Crippen MR) is 94.3 cm³/mol. The van der Waals surface area contributed by atoms with Crippen LogP contribution in [0, 0.1) is 0 Å². The number of carbonyl (C=O) groups is 1. The van der Waals surface area contributed by atoms with Gasteiger partial charge in [-0.3, -0.25) is 9.78 Å². The molecule has 0 saturated carbocycles. The first-order chi connectivity index (χ1) is 11.6.